The van der Waals surface area contributed by atoms with Crippen LogP contribution in [0.2, 0.25) is 0 Å². The van der Waals surface area contributed by atoms with E-state index in [2.05, 4.69) is 71.3 Å². The first-order valence-corrected chi connectivity index (χ1v) is 11.6. The van der Waals surface area contributed by atoms with Crippen LogP contribution in [-0.2, 0) is 0 Å². The minimum absolute atomic E-state index is 0.189. The molecule has 0 aliphatic carbocycles. The number of amides is 2. The van der Waals surface area contributed by atoms with Gasteiger partial charge in [0.05, 0.1) is 5.69 Å². The van der Waals surface area contributed by atoms with E-state index in [9.17, 15) is 4.79 Å². The van der Waals surface area contributed by atoms with Gasteiger partial charge < -0.3 is 10.6 Å². The lowest BCUT2D eigenvalue weighted by Crippen LogP contribution is -2.30. The molecule has 4 aromatic rings. The summed E-state index contributed by atoms with van der Waals surface area (Å²) in [6.45, 7) is 0.578. The van der Waals surface area contributed by atoms with Crippen LogP contribution in [0.1, 0.15) is 23.5 Å². The third-order valence-corrected chi connectivity index (χ3v) is 6.31. The molecular weight excluding hydrogens is 412 g/mol. The Hall–Kier alpha value is -3.50. The molecule has 4 heteroatoms. The summed E-state index contributed by atoms with van der Waals surface area (Å²) in [5.74, 6) is 0.235. The van der Waals surface area contributed by atoms with Crippen LogP contribution in [0.4, 0.5) is 10.5 Å². The van der Waals surface area contributed by atoms with Gasteiger partial charge in [-0.25, -0.2) is 4.79 Å². The fraction of sp³-hybridized carbons (Fsp3) is 0.107. The maximum absolute atomic E-state index is 12.6. The Morgan fingerprint density at radius 1 is 0.688 bits per heavy atom. The molecule has 0 spiro atoms. The van der Waals surface area contributed by atoms with Gasteiger partial charge >= 0.3 is 6.03 Å². The molecule has 0 atom stereocenters. The highest BCUT2D eigenvalue weighted by Gasteiger charge is 2.14. The molecule has 0 fully saturated rings. The molecule has 160 valence electrons. The van der Waals surface area contributed by atoms with E-state index in [-0.39, 0.29) is 11.9 Å². The normalized spacial score (nSPS) is 10.7. The molecular formula is C28H26N2OS. The Morgan fingerprint density at radius 3 is 1.84 bits per heavy atom. The van der Waals surface area contributed by atoms with Gasteiger partial charge in [-0.2, -0.15) is 0 Å². The highest BCUT2D eigenvalue weighted by molar-refractivity contribution is 7.99. The summed E-state index contributed by atoms with van der Waals surface area (Å²) in [7, 11) is 0. The summed E-state index contributed by atoms with van der Waals surface area (Å²) in [6.07, 6.45) is 0.821. The highest BCUT2D eigenvalue weighted by Crippen LogP contribution is 2.33. The number of hydrogen-bond donors (Lipinski definition) is 2. The Labute approximate surface area is 193 Å². The molecule has 4 aromatic carbocycles. The molecule has 0 aliphatic heterocycles. The molecule has 2 amide bonds. The molecule has 0 radical (unpaired) electrons. The molecule has 0 unspecified atom stereocenters. The van der Waals surface area contributed by atoms with Crippen molar-refractivity contribution in [1.82, 2.24) is 5.32 Å². The number of anilines is 1. The molecule has 0 aliphatic rings. The number of rotatable bonds is 8. The summed E-state index contributed by atoms with van der Waals surface area (Å²) in [4.78, 5) is 14.8. The van der Waals surface area contributed by atoms with Crippen LogP contribution in [-0.4, -0.2) is 12.6 Å². The number of carbonyl (C=O) groups is 1. The van der Waals surface area contributed by atoms with Crippen LogP contribution in [0.3, 0.4) is 0 Å². The number of urea groups is 1. The van der Waals surface area contributed by atoms with E-state index < -0.39 is 0 Å². The summed E-state index contributed by atoms with van der Waals surface area (Å²) >= 11 is 1.64. The average molecular weight is 439 g/mol. The van der Waals surface area contributed by atoms with Gasteiger partial charge in [-0.3, -0.25) is 0 Å². The second kappa shape index (κ2) is 11.2. The maximum atomic E-state index is 12.6. The summed E-state index contributed by atoms with van der Waals surface area (Å²) in [5, 5.41) is 6.05. The summed E-state index contributed by atoms with van der Waals surface area (Å²) in [5.41, 5.74) is 3.32. The average Bonchev–Trinajstić information content (AvgIpc) is 2.85. The molecule has 32 heavy (non-hydrogen) atoms. The van der Waals surface area contributed by atoms with Crippen LogP contribution in [0.15, 0.2) is 125 Å². The van der Waals surface area contributed by atoms with Gasteiger partial charge in [0, 0.05) is 22.3 Å². The third kappa shape index (κ3) is 6.02. The molecule has 0 saturated carbocycles. The van der Waals surface area contributed by atoms with Gasteiger partial charge in [0.2, 0.25) is 0 Å². The van der Waals surface area contributed by atoms with Crippen LogP contribution in [0.5, 0.6) is 0 Å². The second-order valence-corrected chi connectivity index (χ2v) is 8.57. The van der Waals surface area contributed by atoms with E-state index in [4.69, 9.17) is 0 Å². The predicted octanol–water partition coefficient (Wildman–Crippen LogP) is 7.18. The zero-order chi connectivity index (χ0) is 22.0. The topological polar surface area (TPSA) is 41.1 Å². The van der Waals surface area contributed by atoms with Crippen molar-refractivity contribution in [2.75, 3.05) is 11.9 Å². The van der Waals surface area contributed by atoms with Crippen LogP contribution >= 0.6 is 11.8 Å². The molecule has 3 nitrogen and oxygen atoms in total. The minimum atomic E-state index is -0.189. The zero-order valence-corrected chi connectivity index (χ0v) is 18.6. The number of hydrogen-bond acceptors (Lipinski definition) is 2. The van der Waals surface area contributed by atoms with Gasteiger partial charge in [0.1, 0.15) is 0 Å². The second-order valence-electron chi connectivity index (χ2n) is 7.45. The van der Waals surface area contributed by atoms with Crippen molar-refractivity contribution in [2.45, 2.75) is 22.1 Å². The number of benzene rings is 4. The fourth-order valence-electron chi connectivity index (χ4n) is 3.67. The van der Waals surface area contributed by atoms with Gasteiger partial charge in [-0.1, -0.05) is 103 Å². The molecule has 0 heterocycles. The molecule has 4 rings (SSSR count). The Bertz CT molecular complexity index is 1080. The molecule has 0 saturated heterocycles. The number of nitrogens with one attached hydrogen (secondary N) is 2. The van der Waals surface area contributed by atoms with Crippen molar-refractivity contribution in [1.29, 1.82) is 0 Å². The lowest BCUT2D eigenvalue weighted by Gasteiger charge is -2.19. The van der Waals surface area contributed by atoms with Crippen molar-refractivity contribution in [3.8, 4) is 0 Å². The fourth-order valence-corrected chi connectivity index (χ4v) is 4.59. The molecule has 0 bridgehead atoms. The maximum Gasteiger partial charge on any atom is 0.319 e. The Morgan fingerprint density at radius 2 is 1.22 bits per heavy atom. The van der Waals surface area contributed by atoms with Gasteiger partial charge in [-0.15, -0.1) is 0 Å². The number of para-hydroxylation sites is 1. The van der Waals surface area contributed by atoms with E-state index >= 15 is 0 Å². The van der Waals surface area contributed by atoms with Crippen molar-refractivity contribution >= 4 is 23.5 Å². The quantitative estimate of drug-likeness (QED) is 0.306. The molecule has 2 N–H and O–H groups in total. The molecule has 0 aromatic heterocycles. The standard InChI is InChI=1S/C28H26N2OS/c31-28(30-26-18-10-11-19-27(26)32-24-16-8-3-9-17-24)29-21-20-25(22-12-4-1-5-13-22)23-14-6-2-7-15-23/h1-19,25H,20-21H2,(H2,29,30,31). The van der Waals surface area contributed by atoms with Crippen molar-refractivity contribution < 1.29 is 4.79 Å². The monoisotopic (exact) mass is 438 g/mol. The van der Waals surface area contributed by atoms with Gasteiger partial charge in [0.25, 0.3) is 0 Å². The van der Waals surface area contributed by atoms with E-state index in [1.165, 1.54) is 11.1 Å². The SMILES string of the molecule is O=C(NCCC(c1ccccc1)c1ccccc1)Nc1ccccc1Sc1ccccc1. The predicted molar refractivity (Wildman–Crippen MR) is 133 cm³/mol. The van der Waals surface area contributed by atoms with E-state index in [1.807, 2.05) is 54.6 Å². The smallest absolute Gasteiger partial charge is 0.319 e. The van der Waals surface area contributed by atoms with Gasteiger partial charge in [-0.05, 0) is 41.8 Å². The van der Waals surface area contributed by atoms with Crippen molar-refractivity contribution in [3.63, 3.8) is 0 Å². The Balaban J connectivity index is 1.38. The third-order valence-electron chi connectivity index (χ3n) is 5.23. The first-order valence-electron chi connectivity index (χ1n) is 10.8. The summed E-state index contributed by atoms with van der Waals surface area (Å²) < 4.78 is 0. The van der Waals surface area contributed by atoms with Crippen LogP contribution < -0.4 is 10.6 Å². The van der Waals surface area contributed by atoms with Crippen molar-refractivity contribution in [3.05, 3.63) is 126 Å². The van der Waals surface area contributed by atoms with E-state index in [0.29, 0.717) is 6.54 Å². The van der Waals surface area contributed by atoms with E-state index in [0.717, 1.165) is 21.9 Å². The summed E-state index contributed by atoms with van der Waals surface area (Å²) in [6, 6.07) is 38.7. The first-order chi connectivity index (χ1) is 15.8. The highest BCUT2D eigenvalue weighted by atomic mass is 32.2. The first kappa shape index (κ1) is 21.7. The van der Waals surface area contributed by atoms with E-state index in [1.54, 1.807) is 11.8 Å². The number of carbonyl (C=O) groups excluding carboxylic acids is 1. The lowest BCUT2D eigenvalue weighted by atomic mass is 9.88. The largest absolute Gasteiger partial charge is 0.338 e. The lowest BCUT2D eigenvalue weighted by molar-refractivity contribution is 0.252. The van der Waals surface area contributed by atoms with Crippen molar-refractivity contribution in [2.24, 2.45) is 0 Å². The van der Waals surface area contributed by atoms with Crippen LogP contribution in [0, 0.1) is 0 Å². The minimum Gasteiger partial charge on any atom is -0.338 e. The van der Waals surface area contributed by atoms with Crippen LogP contribution in [0.25, 0.3) is 0 Å². The Kier molecular flexibility index (Phi) is 7.61. The zero-order valence-electron chi connectivity index (χ0n) is 17.8. The van der Waals surface area contributed by atoms with Gasteiger partial charge in [0.15, 0.2) is 0 Å².